The zero-order chi connectivity index (χ0) is 36.3. The first kappa shape index (κ1) is 31.6. The van der Waals surface area contributed by atoms with E-state index >= 15 is 0 Å². The third kappa shape index (κ3) is 5.58. The molecule has 0 saturated carbocycles. The molecule has 8 heteroatoms. The highest BCUT2D eigenvalue weighted by atomic mass is 32.1. The van der Waals surface area contributed by atoms with Gasteiger partial charge < -0.3 is 4.57 Å². The third-order valence-corrected chi connectivity index (χ3v) is 12.1. The number of aromatic nitrogens is 6. The summed E-state index contributed by atoms with van der Waals surface area (Å²) in [4.78, 5) is 25.0. The van der Waals surface area contributed by atoms with Crippen LogP contribution >= 0.6 is 22.7 Å². The van der Waals surface area contributed by atoms with E-state index in [4.69, 9.17) is 24.9 Å². The van der Waals surface area contributed by atoms with Crippen molar-refractivity contribution in [2.75, 3.05) is 0 Å². The van der Waals surface area contributed by atoms with Crippen LogP contribution in [-0.4, -0.2) is 29.5 Å². The molecule has 0 saturated heterocycles. The molecule has 0 atom stereocenters. The fraction of sp³-hybridized carbons (Fsp3) is 0. The molecule has 4 aromatic heterocycles. The van der Waals surface area contributed by atoms with E-state index in [0.717, 1.165) is 76.4 Å². The number of thiazole rings is 2. The van der Waals surface area contributed by atoms with E-state index in [1.807, 2.05) is 72.8 Å². The maximum absolute atomic E-state index is 5.03. The van der Waals surface area contributed by atoms with E-state index < -0.39 is 0 Å². The minimum Gasteiger partial charge on any atom is -0.309 e. The summed E-state index contributed by atoms with van der Waals surface area (Å²) in [6, 6.07) is 58.8. The van der Waals surface area contributed by atoms with Crippen LogP contribution in [0.15, 0.2) is 170 Å². The number of rotatable bonds is 6. The summed E-state index contributed by atoms with van der Waals surface area (Å²) in [5, 5.41) is 4.31. The largest absolute Gasteiger partial charge is 0.309 e. The van der Waals surface area contributed by atoms with Crippen LogP contribution < -0.4 is 0 Å². The summed E-state index contributed by atoms with van der Waals surface area (Å²) in [5.41, 5.74) is 10.2. The summed E-state index contributed by atoms with van der Waals surface area (Å²) in [6.07, 6.45) is 0. The predicted octanol–water partition coefficient (Wildman–Crippen LogP) is 12.5. The molecule has 4 heterocycles. The van der Waals surface area contributed by atoms with E-state index in [1.54, 1.807) is 22.7 Å². The Kier molecular flexibility index (Phi) is 7.43. The van der Waals surface area contributed by atoms with Crippen LogP contribution in [0, 0.1) is 0 Å². The van der Waals surface area contributed by atoms with Gasteiger partial charge in [-0.05, 0) is 72.8 Å². The number of para-hydroxylation sites is 2. The first-order valence-electron chi connectivity index (χ1n) is 18.0. The molecule has 0 aliphatic heterocycles. The van der Waals surface area contributed by atoms with Gasteiger partial charge in [-0.1, -0.05) is 97.1 Å². The monoisotopic (exact) mass is 740 g/mol. The fourth-order valence-electron chi connectivity index (χ4n) is 7.28. The lowest BCUT2D eigenvalue weighted by molar-refractivity contribution is 1.07. The van der Waals surface area contributed by atoms with Crippen LogP contribution in [0.3, 0.4) is 0 Å². The standard InChI is InChI=1S/C47H28N6S2/c1-3-12-29(13-4-1)43-50-44(30-14-5-2-6-15-30)52-45(51-43)31-16-11-17-34(26-31)53-39-24-22-32(46-48-37-18-7-9-20-41(37)54-46)27-35(39)36-28-33(23-25-40(36)53)47-49-38-19-8-10-21-42(38)55-47/h1-28H. The number of hydrogen-bond donors (Lipinski definition) is 0. The first-order chi connectivity index (χ1) is 27.2. The maximum Gasteiger partial charge on any atom is 0.164 e. The third-order valence-electron chi connectivity index (χ3n) is 9.91. The molecule has 0 N–H and O–H groups in total. The van der Waals surface area contributed by atoms with Crippen LogP contribution in [0.4, 0.5) is 0 Å². The SMILES string of the molecule is c1ccc(-c2nc(-c3ccccc3)nc(-c3cccc(-n4c5ccc(-c6nc7ccccc7s6)cc5c5cc(-c6nc7ccccc7s6)ccc54)c3)n2)cc1. The van der Waals surface area contributed by atoms with E-state index in [0.29, 0.717) is 17.5 Å². The van der Waals surface area contributed by atoms with Gasteiger partial charge in [0.1, 0.15) is 10.0 Å². The first-order valence-corrected chi connectivity index (χ1v) is 19.6. The van der Waals surface area contributed by atoms with Crippen LogP contribution in [0.25, 0.3) is 103 Å². The van der Waals surface area contributed by atoms with Gasteiger partial charge in [-0.3, -0.25) is 0 Å². The van der Waals surface area contributed by atoms with Gasteiger partial charge >= 0.3 is 0 Å². The zero-order valence-electron chi connectivity index (χ0n) is 29.2. The van der Waals surface area contributed by atoms with Gasteiger partial charge in [0.05, 0.1) is 31.5 Å². The lowest BCUT2D eigenvalue weighted by Crippen LogP contribution is -2.01. The smallest absolute Gasteiger partial charge is 0.164 e. The molecular weight excluding hydrogens is 713 g/mol. The van der Waals surface area contributed by atoms with Crippen molar-refractivity contribution in [3.63, 3.8) is 0 Å². The molecule has 0 fully saturated rings. The molecule has 0 spiro atoms. The van der Waals surface area contributed by atoms with Crippen LogP contribution in [0.2, 0.25) is 0 Å². The second-order valence-corrected chi connectivity index (χ2v) is 15.4. The predicted molar refractivity (Wildman–Crippen MR) is 228 cm³/mol. The van der Waals surface area contributed by atoms with Crippen molar-refractivity contribution in [1.82, 2.24) is 29.5 Å². The van der Waals surface area contributed by atoms with Crippen molar-refractivity contribution in [2.45, 2.75) is 0 Å². The van der Waals surface area contributed by atoms with Crippen molar-refractivity contribution < 1.29 is 0 Å². The molecule has 55 heavy (non-hydrogen) atoms. The summed E-state index contributed by atoms with van der Waals surface area (Å²) in [5.74, 6) is 1.89. The van der Waals surface area contributed by atoms with Crippen molar-refractivity contribution in [1.29, 1.82) is 0 Å². The summed E-state index contributed by atoms with van der Waals surface area (Å²) < 4.78 is 4.70. The second kappa shape index (κ2) is 12.9. The Balaban J connectivity index is 1.10. The highest BCUT2D eigenvalue weighted by Crippen LogP contribution is 2.40. The molecule has 0 bridgehead atoms. The van der Waals surface area contributed by atoms with Gasteiger partial charge in [-0.2, -0.15) is 0 Å². The highest BCUT2D eigenvalue weighted by Gasteiger charge is 2.19. The minimum absolute atomic E-state index is 0.617. The van der Waals surface area contributed by atoms with Crippen LogP contribution in [0.1, 0.15) is 0 Å². The van der Waals surface area contributed by atoms with Gasteiger partial charge in [0.25, 0.3) is 0 Å². The van der Waals surface area contributed by atoms with Crippen molar-refractivity contribution in [3.05, 3.63) is 170 Å². The Morgan fingerprint density at radius 2 is 0.800 bits per heavy atom. The maximum atomic E-state index is 5.03. The van der Waals surface area contributed by atoms with Gasteiger partial charge in [0.2, 0.25) is 0 Å². The van der Waals surface area contributed by atoms with E-state index in [-0.39, 0.29) is 0 Å². The van der Waals surface area contributed by atoms with Crippen molar-refractivity contribution in [3.8, 4) is 61.0 Å². The molecule has 0 aliphatic carbocycles. The topological polar surface area (TPSA) is 69.4 Å². The summed E-state index contributed by atoms with van der Waals surface area (Å²) >= 11 is 3.45. The Morgan fingerprint density at radius 3 is 1.31 bits per heavy atom. The molecule has 0 radical (unpaired) electrons. The average molecular weight is 741 g/mol. The minimum atomic E-state index is 0.617. The zero-order valence-corrected chi connectivity index (χ0v) is 30.8. The molecule has 0 amide bonds. The van der Waals surface area contributed by atoms with Gasteiger partial charge in [-0.15, -0.1) is 22.7 Å². The lowest BCUT2D eigenvalue weighted by atomic mass is 10.1. The Labute approximate surface area is 323 Å². The number of fused-ring (bicyclic) bond motifs is 5. The lowest BCUT2D eigenvalue weighted by Gasteiger charge is -2.12. The quantitative estimate of drug-likeness (QED) is 0.170. The number of nitrogens with zero attached hydrogens (tertiary/aromatic N) is 6. The Morgan fingerprint density at radius 1 is 0.345 bits per heavy atom. The van der Waals surface area contributed by atoms with Crippen molar-refractivity contribution >= 4 is 64.9 Å². The van der Waals surface area contributed by atoms with Crippen LogP contribution in [-0.2, 0) is 0 Å². The summed E-state index contributed by atoms with van der Waals surface area (Å²) in [6.45, 7) is 0. The number of hydrogen-bond acceptors (Lipinski definition) is 7. The molecule has 7 aromatic carbocycles. The van der Waals surface area contributed by atoms with E-state index in [9.17, 15) is 0 Å². The molecule has 6 nitrogen and oxygen atoms in total. The second-order valence-electron chi connectivity index (χ2n) is 13.4. The highest BCUT2D eigenvalue weighted by molar-refractivity contribution is 7.22. The fourth-order valence-corrected chi connectivity index (χ4v) is 9.20. The molecular formula is C47H28N6S2. The van der Waals surface area contributed by atoms with Gasteiger partial charge in [-0.25, -0.2) is 24.9 Å². The van der Waals surface area contributed by atoms with Crippen molar-refractivity contribution in [2.24, 2.45) is 0 Å². The van der Waals surface area contributed by atoms with E-state index in [1.165, 1.54) is 9.40 Å². The van der Waals surface area contributed by atoms with Crippen LogP contribution in [0.5, 0.6) is 0 Å². The van der Waals surface area contributed by atoms with E-state index in [2.05, 4.69) is 102 Å². The average Bonchev–Trinajstić information content (AvgIpc) is 3.98. The number of benzene rings is 7. The molecule has 11 rings (SSSR count). The Hall–Kier alpha value is -6.87. The van der Waals surface area contributed by atoms with Gasteiger partial charge in [0, 0.05) is 44.3 Å². The molecule has 258 valence electrons. The summed E-state index contributed by atoms with van der Waals surface area (Å²) in [7, 11) is 0. The Bertz CT molecular complexity index is 2960. The normalized spacial score (nSPS) is 11.6. The molecule has 0 unspecified atom stereocenters. The van der Waals surface area contributed by atoms with Gasteiger partial charge in [0.15, 0.2) is 17.5 Å². The molecule has 0 aliphatic rings. The molecule has 11 aromatic rings.